The Morgan fingerprint density at radius 2 is 1.92 bits per heavy atom. The Kier molecular flexibility index (Phi) is 4.62. The molecule has 0 aliphatic heterocycles. The molecule has 0 amide bonds. The Hall–Kier alpha value is -2.66. The highest BCUT2D eigenvalue weighted by Crippen LogP contribution is 2.23. The Labute approximate surface area is 144 Å². The highest BCUT2D eigenvalue weighted by molar-refractivity contribution is 7.11. The van der Waals surface area contributed by atoms with Crippen molar-refractivity contribution in [2.24, 2.45) is 4.99 Å². The summed E-state index contributed by atoms with van der Waals surface area (Å²) in [7, 11) is 0. The van der Waals surface area contributed by atoms with Crippen LogP contribution in [0.2, 0.25) is 0 Å². The lowest BCUT2D eigenvalue weighted by Gasteiger charge is -2.03. The lowest BCUT2D eigenvalue weighted by Crippen LogP contribution is -2.13. The third-order valence-electron chi connectivity index (χ3n) is 3.75. The second kappa shape index (κ2) is 6.84. The van der Waals surface area contributed by atoms with E-state index in [4.69, 9.17) is 0 Å². The highest BCUT2D eigenvalue weighted by Gasteiger charge is 2.12. The summed E-state index contributed by atoms with van der Waals surface area (Å²) in [5.74, 6) is -0.0395. The lowest BCUT2D eigenvalue weighted by molar-refractivity contribution is 0.421. The number of thiazole rings is 1. The summed E-state index contributed by atoms with van der Waals surface area (Å²) in [5, 5.41) is 10.3. The van der Waals surface area contributed by atoms with E-state index in [-0.39, 0.29) is 10.8 Å². The van der Waals surface area contributed by atoms with Gasteiger partial charge >= 0.3 is 4.87 Å². The maximum Gasteiger partial charge on any atom is 0.310 e. The number of aliphatic imine (C=N–C) groups is 1. The third-order valence-corrected chi connectivity index (χ3v) is 4.65. The predicted octanol–water partition coefficient (Wildman–Crippen LogP) is 4.03. The fourth-order valence-electron chi connectivity index (χ4n) is 2.48. The van der Waals surface area contributed by atoms with Gasteiger partial charge in [-0.2, -0.15) is 0 Å². The van der Waals surface area contributed by atoms with Gasteiger partial charge in [-0.1, -0.05) is 59.4 Å². The molecule has 0 spiro atoms. The molecule has 0 atom stereocenters. The van der Waals surface area contributed by atoms with Crippen molar-refractivity contribution in [3.63, 3.8) is 0 Å². The number of rotatable bonds is 4. The molecule has 1 N–H and O–H groups in total. The zero-order valence-corrected chi connectivity index (χ0v) is 14.4. The van der Waals surface area contributed by atoms with Gasteiger partial charge in [-0.25, -0.2) is 0 Å². The minimum absolute atomic E-state index is 0.0395. The quantitative estimate of drug-likeness (QED) is 0.730. The van der Waals surface area contributed by atoms with Crippen LogP contribution in [0.15, 0.2) is 58.3 Å². The molecule has 3 rings (SSSR count). The van der Waals surface area contributed by atoms with Gasteiger partial charge in [0.2, 0.25) is 5.88 Å². The van der Waals surface area contributed by atoms with Crippen LogP contribution >= 0.6 is 11.3 Å². The first-order chi connectivity index (χ1) is 11.5. The van der Waals surface area contributed by atoms with Gasteiger partial charge in [0.05, 0.1) is 18.4 Å². The molecular formula is C19H18N2O2S. The number of aryl methyl sites for hydroxylation is 2. The second-order valence-electron chi connectivity index (χ2n) is 5.68. The van der Waals surface area contributed by atoms with Crippen LogP contribution in [0.3, 0.4) is 0 Å². The fourth-order valence-corrected chi connectivity index (χ4v) is 3.24. The molecule has 0 aliphatic rings. The molecule has 1 aromatic heterocycles. The van der Waals surface area contributed by atoms with E-state index in [1.54, 1.807) is 6.21 Å². The van der Waals surface area contributed by atoms with E-state index in [2.05, 4.69) is 11.1 Å². The van der Waals surface area contributed by atoms with Gasteiger partial charge < -0.3 is 5.11 Å². The maximum absolute atomic E-state index is 12.1. The number of benzene rings is 2. The van der Waals surface area contributed by atoms with Crippen LogP contribution in [0.1, 0.15) is 21.6 Å². The van der Waals surface area contributed by atoms with Crippen LogP contribution in [0, 0.1) is 13.8 Å². The summed E-state index contributed by atoms with van der Waals surface area (Å²) in [6, 6.07) is 15.6. The van der Waals surface area contributed by atoms with Crippen LogP contribution in [0.4, 0.5) is 5.69 Å². The van der Waals surface area contributed by atoms with Crippen molar-refractivity contribution >= 4 is 23.2 Å². The first-order valence-corrected chi connectivity index (χ1v) is 8.44. The summed E-state index contributed by atoms with van der Waals surface area (Å²) >= 11 is 0.997. The largest absolute Gasteiger partial charge is 0.493 e. The van der Waals surface area contributed by atoms with Gasteiger partial charge in [-0.3, -0.25) is 14.4 Å². The summed E-state index contributed by atoms with van der Waals surface area (Å²) in [5.41, 5.74) is 4.02. The average molecular weight is 338 g/mol. The molecule has 0 aliphatic carbocycles. The third kappa shape index (κ3) is 3.46. The number of aromatic hydroxyl groups is 1. The molecule has 3 aromatic rings. The summed E-state index contributed by atoms with van der Waals surface area (Å²) < 4.78 is 1.36. The minimum Gasteiger partial charge on any atom is -0.493 e. The van der Waals surface area contributed by atoms with Gasteiger partial charge in [0.1, 0.15) is 4.88 Å². The van der Waals surface area contributed by atoms with Crippen LogP contribution < -0.4 is 4.87 Å². The van der Waals surface area contributed by atoms with Gasteiger partial charge in [-0.05, 0) is 31.0 Å². The second-order valence-corrected chi connectivity index (χ2v) is 6.67. The molecule has 0 unspecified atom stereocenters. The lowest BCUT2D eigenvalue weighted by atomic mass is 10.1. The smallest absolute Gasteiger partial charge is 0.310 e. The Morgan fingerprint density at radius 1 is 1.17 bits per heavy atom. The summed E-state index contributed by atoms with van der Waals surface area (Å²) in [6.45, 7) is 4.36. The normalized spacial score (nSPS) is 11.2. The van der Waals surface area contributed by atoms with E-state index < -0.39 is 0 Å². The van der Waals surface area contributed by atoms with Crippen LogP contribution in [0.25, 0.3) is 0 Å². The molecule has 24 heavy (non-hydrogen) atoms. The number of nitrogens with zero attached hydrogens (tertiary/aromatic N) is 2. The van der Waals surface area contributed by atoms with Crippen LogP contribution in [0.5, 0.6) is 5.88 Å². The minimum atomic E-state index is -0.196. The number of aromatic nitrogens is 1. The monoisotopic (exact) mass is 338 g/mol. The van der Waals surface area contributed by atoms with E-state index in [0.717, 1.165) is 28.2 Å². The first-order valence-electron chi connectivity index (χ1n) is 7.62. The van der Waals surface area contributed by atoms with Crippen molar-refractivity contribution in [3.05, 3.63) is 79.8 Å². The molecule has 2 aromatic carbocycles. The van der Waals surface area contributed by atoms with Gasteiger partial charge in [0.15, 0.2) is 0 Å². The average Bonchev–Trinajstić information content (AvgIpc) is 2.83. The van der Waals surface area contributed by atoms with E-state index in [1.165, 1.54) is 10.1 Å². The topological polar surface area (TPSA) is 54.6 Å². The fraction of sp³-hybridized carbons (Fsp3) is 0.158. The zero-order chi connectivity index (χ0) is 17.1. The van der Waals surface area contributed by atoms with E-state index in [0.29, 0.717) is 11.4 Å². The van der Waals surface area contributed by atoms with Crippen molar-refractivity contribution in [1.29, 1.82) is 0 Å². The van der Waals surface area contributed by atoms with Gasteiger partial charge in [-0.15, -0.1) is 0 Å². The molecule has 1 heterocycles. The van der Waals surface area contributed by atoms with E-state index >= 15 is 0 Å². The number of hydrogen-bond acceptors (Lipinski definition) is 4. The maximum atomic E-state index is 12.1. The van der Waals surface area contributed by atoms with Gasteiger partial charge in [0.25, 0.3) is 0 Å². The first kappa shape index (κ1) is 16.2. The molecular weight excluding hydrogens is 320 g/mol. The molecule has 0 bridgehead atoms. The molecule has 122 valence electrons. The van der Waals surface area contributed by atoms with Crippen LogP contribution in [-0.4, -0.2) is 15.9 Å². The molecule has 0 fully saturated rings. The Bertz CT molecular complexity index is 940. The molecule has 0 saturated heterocycles. The predicted molar refractivity (Wildman–Crippen MR) is 99.0 cm³/mol. The number of hydrogen-bond donors (Lipinski definition) is 1. The molecule has 4 nitrogen and oxygen atoms in total. The molecule has 5 heteroatoms. The summed E-state index contributed by atoms with van der Waals surface area (Å²) in [4.78, 5) is 16.8. The standard InChI is InChI=1S/C19H18N2O2S/c1-13-8-9-16(14(2)10-13)20-11-17-18(22)21(19(23)24-17)12-15-6-4-3-5-7-15/h3-11,22H,12H2,1-2H3. The van der Waals surface area contributed by atoms with Crippen molar-refractivity contribution in [2.45, 2.75) is 20.4 Å². The van der Waals surface area contributed by atoms with Gasteiger partial charge in [0, 0.05) is 0 Å². The van der Waals surface area contributed by atoms with Crippen molar-refractivity contribution in [3.8, 4) is 5.88 Å². The molecule has 0 saturated carbocycles. The Morgan fingerprint density at radius 3 is 2.62 bits per heavy atom. The zero-order valence-electron chi connectivity index (χ0n) is 13.6. The summed E-state index contributed by atoms with van der Waals surface area (Å²) in [6.07, 6.45) is 1.56. The van der Waals surface area contributed by atoms with Crippen LogP contribution in [-0.2, 0) is 6.54 Å². The van der Waals surface area contributed by atoms with E-state index in [9.17, 15) is 9.90 Å². The van der Waals surface area contributed by atoms with E-state index in [1.807, 2.05) is 56.3 Å². The Balaban J connectivity index is 1.89. The van der Waals surface area contributed by atoms with Crippen molar-refractivity contribution in [1.82, 2.24) is 4.57 Å². The highest BCUT2D eigenvalue weighted by atomic mass is 32.1. The van der Waals surface area contributed by atoms with Crippen molar-refractivity contribution < 1.29 is 5.11 Å². The molecule has 0 radical (unpaired) electrons. The van der Waals surface area contributed by atoms with Crippen molar-refractivity contribution in [2.75, 3.05) is 0 Å². The SMILES string of the molecule is Cc1ccc(N=Cc2sc(=O)n(Cc3ccccc3)c2O)c(C)c1.